The van der Waals surface area contributed by atoms with Gasteiger partial charge in [0.25, 0.3) is 5.91 Å². The first-order valence-corrected chi connectivity index (χ1v) is 10.8. The van der Waals surface area contributed by atoms with Gasteiger partial charge >= 0.3 is 6.18 Å². The van der Waals surface area contributed by atoms with Gasteiger partial charge in [0.05, 0.1) is 23.4 Å². The maximum Gasteiger partial charge on any atom is 0.416 e. The highest BCUT2D eigenvalue weighted by molar-refractivity contribution is 7.89. The van der Waals surface area contributed by atoms with Crippen molar-refractivity contribution in [2.45, 2.75) is 11.1 Å². The minimum atomic E-state index is -4.72. The molecule has 1 N–H and O–H groups in total. The number of nitrogens with one attached hydrogen (secondary N) is 1. The van der Waals surface area contributed by atoms with Crippen molar-refractivity contribution in [2.24, 2.45) is 0 Å². The molecule has 0 bridgehead atoms. The van der Waals surface area contributed by atoms with Gasteiger partial charge in [-0.1, -0.05) is 11.6 Å². The Morgan fingerprint density at radius 2 is 1.81 bits per heavy atom. The molecule has 1 fully saturated rings. The fraction of sp³-hybridized carbons (Fsp3) is 0.333. The second-order valence-corrected chi connectivity index (χ2v) is 8.90. The number of hydrogen-bond acceptors (Lipinski definition) is 5. The van der Waals surface area contributed by atoms with E-state index in [0.29, 0.717) is 12.1 Å². The summed E-state index contributed by atoms with van der Waals surface area (Å²) in [7, 11) is -4.30. The molecule has 0 atom stereocenters. The minimum Gasteiger partial charge on any atom is -0.459 e. The highest BCUT2D eigenvalue weighted by Crippen LogP contribution is 2.34. The number of alkyl halides is 3. The normalized spacial score (nSPS) is 15.7. The standard InChI is InChI=1S/C18H17ClF3N3O5S/c19-13-4-3-12(18(20,21)22)10-15(13)31(28,29)25-7-5-24(6-8-25)16(26)11-23-17(27)14-2-1-9-30-14/h1-4,9-10H,5-8,11H2,(H,23,27). The molecule has 13 heteroatoms. The highest BCUT2D eigenvalue weighted by atomic mass is 35.5. The van der Waals surface area contributed by atoms with Gasteiger partial charge < -0.3 is 14.6 Å². The molecule has 2 aromatic rings. The first-order valence-electron chi connectivity index (χ1n) is 8.96. The predicted molar refractivity (Wildman–Crippen MR) is 103 cm³/mol. The van der Waals surface area contributed by atoms with Crippen molar-refractivity contribution in [3.05, 3.63) is 52.9 Å². The van der Waals surface area contributed by atoms with E-state index >= 15 is 0 Å². The fourth-order valence-corrected chi connectivity index (χ4v) is 4.88. The molecule has 0 spiro atoms. The van der Waals surface area contributed by atoms with E-state index in [-0.39, 0.29) is 43.5 Å². The van der Waals surface area contributed by atoms with Crippen LogP contribution in [0, 0.1) is 0 Å². The smallest absolute Gasteiger partial charge is 0.416 e. The predicted octanol–water partition coefficient (Wildman–Crippen LogP) is 2.21. The van der Waals surface area contributed by atoms with Gasteiger partial charge in [0.1, 0.15) is 4.90 Å². The second kappa shape index (κ2) is 8.89. The van der Waals surface area contributed by atoms with Gasteiger partial charge in [0.2, 0.25) is 15.9 Å². The van der Waals surface area contributed by atoms with Gasteiger partial charge in [-0.25, -0.2) is 8.42 Å². The molecule has 1 aromatic carbocycles. The van der Waals surface area contributed by atoms with E-state index in [1.165, 1.54) is 23.3 Å². The summed E-state index contributed by atoms with van der Waals surface area (Å²) in [5.74, 6) is -0.963. The van der Waals surface area contributed by atoms with Crippen LogP contribution in [0.5, 0.6) is 0 Å². The van der Waals surface area contributed by atoms with E-state index in [0.717, 1.165) is 10.4 Å². The van der Waals surface area contributed by atoms with Crippen molar-refractivity contribution in [1.82, 2.24) is 14.5 Å². The molecular formula is C18H17ClF3N3O5S. The number of amides is 2. The topological polar surface area (TPSA) is 99.9 Å². The summed E-state index contributed by atoms with van der Waals surface area (Å²) >= 11 is 5.86. The molecule has 1 aliphatic rings. The Hall–Kier alpha value is -2.57. The maximum atomic E-state index is 13.0. The van der Waals surface area contributed by atoms with Crippen LogP contribution >= 0.6 is 11.6 Å². The summed E-state index contributed by atoms with van der Waals surface area (Å²) in [6.07, 6.45) is -3.41. The summed E-state index contributed by atoms with van der Waals surface area (Å²) < 4.78 is 70.4. The SMILES string of the molecule is O=C(NCC(=O)N1CCN(S(=O)(=O)c2cc(C(F)(F)F)ccc2Cl)CC1)c1ccco1. The number of sulfonamides is 1. The van der Waals surface area contributed by atoms with Gasteiger partial charge in [0.15, 0.2) is 5.76 Å². The molecular weight excluding hydrogens is 463 g/mol. The van der Waals surface area contributed by atoms with E-state index in [9.17, 15) is 31.2 Å². The summed E-state index contributed by atoms with van der Waals surface area (Å²) in [5.41, 5.74) is -1.13. The minimum absolute atomic E-state index is 0.00522. The molecule has 8 nitrogen and oxygen atoms in total. The Morgan fingerprint density at radius 1 is 1.13 bits per heavy atom. The molecule has 0 saturated carbocycles. The zero-order valence-corrected chi connectivity index (χ0v) is 17.4. The Bertz CT molecular complexity index is 1070. The van der Waals surface area contributed by atoms with Crippen molar-refractivity contribution in [3.63, 3.8) is 0 Å². The number of carbonyl (C=O) groups is 2. The third-order valence-electron chi connectivity index (χ3n) is 4.61. The molecule has 0 unspecified atom stereocenters. The Labute approximate surface area is 180 Å². The van der Waals surface area contributed by atoms with Gasteiger partial charge in [-0.2, -0.15) is 17.5 Å². The number of hydrogen-bond donors (Lipinski definition) is 1. The quantitative estimate of drug-likeness (QED) is 0.709. The Balaban J connectivity index is 1.62. The summed E-state index contributed by atoms with van der Waals surface area (Å²) in [6, 6.07) is 5.04. The number of piperazine rings is 1. The van der Waals surface area contributed by atoms with Crippen LogP contribution in [0.4, 0.5) is 13.2 Å². The molecule has 0 aliphatic carbocycles. The molecule has 3 rings (SSSR count). The first-order chi connectivity index (χ1) is 14.5. The zero-order valence-electron chi connectivity index (χ0n) is 15.9. The van der Waals surface area contributed by atoms with E-state index in [2.05, 4.69) is 5.32 Å². The van der Waals surface area contributed by atoms with Gasteiger partial charge in [-0.05, 0) is 30.3 Å². The third-order valence-corrected chi connectivity index (χ3v) is 6.99. The summed E-state index contributed by atoms with van der Waals surface area (Å²) in [4.78, 5) is 24.8. The molecule has 1 aliphatic heterocycles. The number of halogens is 4. The fourth-order valence-electron chi connectivity index (χ4n) is 2.96. The maximum absolute atomic E-state index is 13.0. The lowest BCUT2D eigenvalue weighted by atomic mass is 10.2. The van der Waals surface area contributed by atoms with Crippen molar-refractivity contribution in [3.8, 4) is 0 Å². The third kappa shape index (κ3) is 5.20. The molecule has 1 aromatic heterocycles. The number of rotatable bonds is 5. The summed E-state index contributed by atoms with van der Waals surface area (Å²) in [5, 5.41) is 2.07. The monoisotopic (exact) mass is 479 g/mol. The van der Waals surface area contributed by atoms with E-state index in [1.807, 2.05) is 0 Å². The summed E-state index contributed by atoms with van der Waals surface area (Å²) in [6.45, 7) is -0.568. The molecule has 2 heterocycles. The highest BCUT2D eigenvalue weighted by Gasteiger charge is 2.35. The average molecular weight is 480 g/mol. The Morgan fingerprint density at radius 3 is 2.39 bits per heavy atom. The van der Waals surface area contributed by atoms with Crippen molar-refractivity contribution < 1.29 is 35.6 Å². The number of nitrogens with zero attached hydrogens (tertiary/aromatic N) is 2. The lowest BCUT2D eigenvalue weighted by Gasteiger charge is -2.34. The van der Waals surface area contributed by atoms with Crippen LogP contribution in [0.25, 0.3) is 0 Å². The lowest BCUT2D eigenvalue weighted by Crippen LogP contribution is -2.52. The van der Waals surface area contributed by atoms with E-state index < -0.39 is 38.5 Å². The molecule has 1 saturated heterocycles. The molecule has 0 radical (unpaired) electrons. The lowest BCUT2D eigenvalue weighted by molar-refractivity contribution is -0.137. The number of furan rings is 1. The van der Waals surface area contributed by atoms with E-state index in [4.69, 9.17) is 16.0 Å². The first kappa shape index (κ1) is 23.1. The van der Waals surface area contributed by atoms with Crippen molar-refractivity contribution in [1.29, 1.82) is 0 Å². The van der Waals surface area contributed by atoms with Crippen molar-refractivity contribution >= 4 is 33.4 Å². The van der Waals surface area contributed by atoms with Crippen LogP contribution in [-0.2, 0) is 21.0 Å². The van der Waals surface area contributed by atoms with Crippen LogP contribution < -0.4 is 5.32 Å². The Kier molecular flexibility index (Phi) is 6.62. The van der Waals surface area contributed by atoms with Crippen LogP contribution in [0.15, 0.2) is 45.9 Å². The second-order valence-electron chi connectivity index (χ2n) is 6.59. The van der Waals surface area contributed by atoms with E-state index in [1.54, 1.807) is 0 Å². The average Bonchev–Trinajstić information content (AvgIpc) is 3.26. The molecule has 2 amide bonds. The van der Waals surface area contributed by atoms with Crippen molar-refractivity contribution in [2.75, 3.05) is 32.7 Å². The van der Waals surface area contributed by atoms with Crippen LogP contribution in [-0.4, -0.2) is 62.2 Å². The van der Waals surface area contributed by atoms with Crippen LogP contribution in [0.3, 0.4) is 0 Å². The van der Waals surface area contributed by atoms with Gasteiger partial charge in [0, 0.05) is 26.2 Å². The number of carbonyl (C=O) groups excluding carboxylic acids is 2. The van der Waals surface area contributed by atoms with Gasteiger partial charge in [-0.15, -0.1) is 0 Å². The zero-order chi connectivity index (χ0) is 22.8. The largest absolute Gasteiger partial charge is 0.459 e. The van der Waals surface area contributed by atoms with Crippen LogP contribution in [0.2, 0.25) is 5.02 Å². The van der Waals surface area contributed by atoms with Gasteiger partial charge in [-0.3, -0.25) is 9.59 Å². The number of benzene rings is 1. The molecule has 31 heavy (non-hydrogen) atoms. The molecule has 168 valence electrons. The van der Waals surface area contributed by atoms with Crippen LogP contribution in [0.1, 0.15) is 16.1 Å².